The van der Waals surface area contributed by atoms with Gasteiger partial charge in [0.25, 0.3) is 0 Å². The molecule has 7 nitrogen and oxygen atoms in total. The molecule has 1 aromatic carbocycles. The third kappa shape index (κ3) is 4.17. The van der Waals surface area contributed by atoms with Gasteiger partial charge < -0.3 is 9.80 Å². The molecule has 0 saturated carbocycles. The molecule has 7 heteroatoms. The molecule has 1 N–H and O–H groups in total. The van der Waals surface area contributed by atoms with Gasteiger partial charge in [0.2, 0.25) is 11.9 Å². The van der Waals surface area contributed by atoms with Crippen molar-refractivity contribution in [3.05, 3.63) is 60.0 Å². The Labute approximate surface area is 182 Å². The lowest BCUT2D eigenvalue weighted by Crippen LogP contribution is -2.31. The number of likely N-dealkylation sites (tertiary alicyclic amines) is 1. The summed E-state index contributed by atoms with van der Waals surface area (Å²) in [6.07, 6.45) is 9.26. The molecule has 1 amide bonds. The average molecular weight is 417 g/mol. The highest BCUT2D eigenvalue weighted by molar-refractivity contribution is 5.78. The molecule has 2 aromatic heterocycles. The summed E-state index contributed by atoms with van der Waals surface area (Å²) in [5.74, 6) is 0.983. The first-order valence-electron chi connectivity index (χ1n) is 11.2. The maximum Gasteiger partial charge on any atom is 0.225 e. The van der Waals surface area contributed by atoms with Gasteiger partial charge in [0.05, 0.1) is 23.6 Å². The summed E-state index contributed by atoms with van der Waals surface area (Å²) in [7, 11) is 0. The lowest BCUT2D eigenvalue weighted by atomic mass is 10.0. The van der Waals surface area contributed by atoms with Crippen LogP contribution in [0.2, 0.25) is 0 Å². The van der Waals surface area contributed by atoms with Gasteiger partial charge in [-0.1, -0.05) is 30.3 Å². The number of hydrogen-bond acceptors (Lipinski definition) is 5. The van der Waals surface area contributed by atoms with Crippen LogP contribution in [0.25, 0.3) is 11.3 Å². The highest BCUT2D eigenvalue weighted by atomic mass is 16.2. The van der Waals surface area contributed by atoms with E-state index in [9.17, 15) is 4.79 Å². The van der Waals surface area contributed by atoms with E-state index in [1.807, 2.05) is 41.6 Å². The second-order valence-electron chi connectivity index (χ2n) is 8.36. The molecule has 4 heterocycles. The van der Waals surface area contributed by atoms with Crippen molar-refractivity contribution in [3.8, 4) is 11.3 Å². The molecule has 0 aliphatic carbocycles. The fourth-order valence-corrected chi connectivity index (χ4v) is 4.73. The molecule has 2 fully saturated rings. The van der Waals surface area contributed by atoms with Crippen LogP contribution in [0.15, 0.2) is 48.8 Å². The number of nitrogens with one attached hydrogen (secondary N) is 1. The highest BCUT2D eigenvalue weighted by Crippen LogP contribution is 2.36. The number of carbonyl (C=O) groups is 1. The number of hydrogen-bond donors (Lipinski definition) is 1. The predicted molar refractivity (Wildman–Crippen MR) is 120 cm³/mol. The van der Waals surface area contributed by atoms with Gasteiger partial charge in [-0.25, -0.2) is 9.97 Å². The van der Waals surface area contributed by atoms with E-state index in [4.69, 9.17) is 4.98 Å². The van der Waals surface area contributed by atoms with Crippen molar-refractivity contribution in [1.29, 1.82) is 0 Å². The van der Waals surface area contributed by atoms with Crippen LogP contribution in [-0.4, -0.2) is 50.6 Å². The van der Waals surface area contributed by atoms with Crippen molar-refractivity contribution < 1.29 is 4.79 Å². The minimum absolute atomic E-state index is 0.0194. The van der Waals surface area contributed by atoms with Gasteiger partial charge in [-0.2, -0.15) is 5.10 Å². The van der Waals surface area contributed by atoms with Crippen molar-refractivity contribution in [1.82, 2.24) is 25.1 Å². The smallest absolute Gasteiger partial charge is 0.225 e. The number of benzene rings is 1. The molecule has 0 spiro atoms. The van der Waals surface area contributed by atoms with Crippen molar-refractivity contribution in [3.63, 3.8) is 0 Å². The first-order valence-corrected chi connectivity index (χ1v) is 11.2. The van der Waals surface area contributed by atoms with E-state index in [0.29, 0.717) is 6.42 Å². The quantitative estimate of drug-likeness (QED) is 0.662. The highest BCUT2D eigenvalue weighted by Gasteiger charge is 2.33. The van der Waals surface area contributed by atoms with E-state index in [-0.39, 0.29) is 11.9 Å². The first-order chi connectivity index (χ1) is 15.3. The largest absolute Gasteiger partial charge is 0.341 e. The number of carbonyl (C=O) groups excluding carboxylic acids is 1. The van der Waals surface area contributed by atoms with Gasteiger partial charge in [0, 0.05) is 37.8 Å². The zero-order valence-electron chi connectivity index (χ0n) is 17.7. The molecule has 160 valence electrons. The number of anilines is 1. The maximum atomic E-state index is 13.1. The van der Waals surface area contributed by atoms with E-state index in [1.54, 1.807) is 0 Å². The Morgan fingerprint density at radius 2 is 1.90 bits per heavy atom. The molecule has 0 bridgehead atoms. The second-order valence-corrected chi connectivity index (χ2v) is 8.36. The van der Waals surface area contributed by atoms with Gasteiger partial charge in [0.15, 0.2) is 0 Å². The monoisotopic (exact) mass is 416 g/mol. The number of H-pyrrole nitrogens is 1. The van der Waals surface area contributed by atoms with Gasteiger partial charge >= 0.3 is 0 Å². The van der Waals surface area contributed by atoms with Crippen LogP contribution in [0, 0.1) is 0 Å². The number of nitrogens with zero attached hydrogens (tertiary/aromatic N) is 5. The zero-order valence-corrected chi connectivity index (χ0v) is 17.7. The van der Waals surface area contributed by atoms with Crippen molar-refractivity contribution >= 4 is 11.9 Å². The number of aromatic nitrogens is 4. The Kier molecular flexibility index (Phi) is 5.65. The number of aromatic amines is 1. The number of rotatable bonds is 6. The fourth-order valence-electron chi connectivity index (χ4n) is 4.73. The Hall–Kier alpha value is -3.22. The standard InChI is InChI=1S/C24H28N6O/c31-22(11-10-18-7-2-1-3-8-18)30-16-6-9-21(30)23-19(17-26-28-23)20-12-13-25-24(27-20)29-14-4-5-15-29/h1-3,7-8,12-13,17,21H,4-6,9-11,14-16H2,(H,26,28). The molecule has 2 aliphatic rings. The van der Waals surface area contributed by atoms with Crippen LogP contribution >= 0.6 is 0 Å². The number of amides is 1. The Morgan fingerprint density at radius 1 is 1.06 bits per heavy atom. The summed E-state index contributed by atoms with van der Waals surface area (Å²) >= 11 is 0. The molecular weight excluding hydrogens is 388 g/mol. The third-order valence-corrected chi connectivity index (χ3v) is 6.35. The van der Waals surface area contributed by atoms with Gasteiger partial charge in [-0.15, -0.1) is 0 Å². The molecule has 31 heavy (non-hydrogen) atoms. The van der Waals surface area contributed by atoms with E-state index in [2.05, 4.69) is 32.2 Å². The maximum absolute atomic E-state index is 13.1. The van der Waals surface area contributed by atoms with Crippen LogP contribution in [0.4, 0.5) is 5.95 Å². The molecule has 1 atom stereocenters. The van der Waals surface area contributed by atoms with Crippen molar-refractivity contribution in [2.24, 2.45) is 0 Å². The molecule has 1 unspecified atom stereocenters. The predicted octanol–water partition coefficient (Wildman–Crippen LogP) is 3.76. The van der Waals surface area contributed by atoms with E-state index < -0.39 is 0 Å². The summed E-state index contributed by atoms with van der Waals surface area (Å²) in [4.78, 5) is 26.6. The van der Waals surface area contributed by atoms with Crippen LogP contribution in [0.5, 0.6) is 0 Å². The van der Waals surface area contributed by atoms with Crippen molar-refractivity contribution in [2.45, 2.75) is 44.6 Å². The summed E-state index contributed by atoms with van der Waals surface area (Å²) in [5.41, 5.74) is 4.01. The molecule has 5 rings (SSSR count). The van der Waals surface area contributed by atoms with E-state index in [0.717, 1.165) is 61.8 Å². The fraction of sp³-hybridized carbons (Fsp3) is 0.417. The topological polar surface area (TPSA) is 78.0 Å². The Balaban J connectivity index is 1.34. The average Bonchev–Trinajstić information content (AvgIpc) is 3.59. The van der Waals surface area contributed by atoms with E-state index >= 15 is 0 Å². The molecule has 2 aliphatic heterocycles. The van der Waals surface area contributed by atoms with Crippen molar-refractivity contribution in [2.75, 3.05) is 24.5 Å². The summed E-state index contributed by atoms with van der Waals surface area (Å²) in [6.45, 7) is 2.81. The van der Waals surface area contributed by atoms with Gasteiger partial charge in [-0.05, 0) is 43.7 Å². The SMILES string of the molecule is O=C(CCc1ccccc1)N1CCCC1c1[nH]ncc1-c1ccnc(N2CCCC2)n1. The minimum atomic E-state index is 0.0194. The van der Waals surface area contributed by atoms with Gasteiger partial charge in [-0.3, -0.25) is 9.89 Å². The second kappa shape index (κ2) is 8.88. The molecule has 3 aromatic rings. The van der Waals surface area contributed by atoms with Gasteiger partial charge in [0.1, 0.15) is 0 Å². The Bertz CT molecular complexity index is 1030. The summed E-state index contributed by atoms with van der Waals surface area (Å²) in [5, 5.41) is 7.50. The third-order valence-electron chi connectivity index (χ3n) is 6.35. The zero-order chi connectivity index (χ0) is 21.0. The summed E-state index contributed by atoms with van der Waals surface area (Å²) < 4.78 is 0. The molecular formula is C24H28N6O. The van der Waals surface area contributed by atoms with Crippen LogP contribution in [-0.2, 0) is 11.2 Å². The lowest BCUT2D eigenvalue weighted by molar-refractivity contribution is -0.132. The van der Waals surface area contributed by atoms with Crippen LogP contribution in [0.3, 0.4) is 0 Å². The van der Waals surface area contributed by atoms with Crippen LogP contribution < -0.4 is 4.90 Å². The Morgan fingerprint density at radius 3 is 2.74 bits per heavy atom. The normalized spacial score (nSPS) is 18.6. The summed E-state index contributed by atoms with van der Waals surface area (Å²) in [6, 6.07) is 12.2. The number of aryl methyl sites for hydroxylation is 1. The molecule has 0 radical (unpaired) electrons. The van der Waals surface area contributed by atoms with E-state index in [1.165, 1.54) is 18.4 Å². The molecule has 2 saturated heterocycles. The first kappa shape index (κ1) is 19.7. The minimum Gasteiger partial charge on any atom is -0.341 e. The lowest BCUT2D eigenvalue weighted by Gasteiger charge is -2.25. The van der Waals surface area contributed by atoms with Crippen LogP contribution in [0.1, 0.15) is 49.4 Å².